The number of nitrogens with zero attached hydrogens (tertiary/aromatic N) is 2. The molecule has 1 aromatic heterocycles. The van der Waals surface area contributed by atoms with Gasteiger partial charge in [-0.3, -0.25) is 4.79 Å². The van der Waals surface area contributed by atoms with Crippen molar-refractivity contribution in [2.45, 2.75) is 45.6 Å². The summed E-state index contributed by atoms with van der Waals surface area (Å²) >= 11 is 6.07. The van der Waals surface area contributed by atoms with Gasteiger partial charge in [0.25, 0.3) is 5.56 Å². The average Bonchev–Trinajstić information content (AvgIpc) is 3.18. The number of hydrogen-bond donors (Lipinski definition) is 1. The summed E-state index contributed by atoms with van der Waals surface area (Å²) in [5.41, 5.74) is 0.469. The lowest BCUT2D eigenvalue weighted by Crippen LogP contribution is -2.24. The highest BCUT2D eigenvalue weighted by atomic mass is 35.5. The largest absolute Gasteiger partial charge is 0.382 e. The molecule has 1 aromatic rings. The third kappa shape index (κ3) is 3.48. The molecule has 1 fully saturated rings. The Kier molecular flexibility index (Phi) is 4.64. The maximum atomic E-state index is 11.9. The van der Waals surface area contributed by atoms with E-state index in [-0.39, 0.29) is 10.6 Å². The minimum Gasteiger partial charge on any atom is -0.382 e. The van der Waals surface area contributed by atoms with Crippen molar-refractivity contribution in [2.24, 2.45) is 5.92 Å². The van der Waals surface area contributed by atoms with Gasteiger partial charge >= 0.3 is 0 Å². The van der Waals surface area contributed by atoms with Crippen LogP contribution in [0.15, 0.2) is 11.0 Å². The maximum Gasteiger partial charge on any atom is 0.287 e. The summed E-state index contributed by atoms with van der Waals surface area (Å²) in [6.07, 6.45) is 7.46. The zero-order valence-electron chi connectivity index (χ0n) is 10.8. The monoisotopic (exact) mass is 269 g/mol. The van der Waals surface area contributed by atoms with Crippen LogP contribution in [0.1, 0.15) is 39.0 Å². The van der Waals surface area contributed by atoms with E-state index in [1.807, 2.05) is 0 Å². The van der Waals surface area contributed by atoms with Crippen molar-refractivity contribution in [1.29, 1.82) is 0 Å². The van der Waals surface area contributed by atoms with Crippen molar-refractivity contribution in [3.05, 3.63) is 21.6 Å². The molecule has 0 bridgehead atoms. The van der Waals surface area contributed by atoms with Gasteiger partial charge < -0.3 is 5.32 Å². The summed E-state index contributed by atoms with van der Waals surface area (Å²) in [4.78, 5) is 11.9. The molecule has 0 amide bonds. The fraction of sp³-hybridized carbons (Fsp3) is 0.692. The van der Waals surface area contributed by atoms with Crippen LogP contribution >= 0.6 is 11.6 Å². The van der Waals surface area contributed by atoms with E-state index in [9.17, 15) is 4.79 Å². The van der Waals surface area contributed by atoms with Crippen LogP contribution in [0, 0.1) is 5.92 Å². The molecule has 1 N–H and O–H groups in total. The Labute approximate surface area is 112 Å². The standard InChI is InChI=1S/C13H20ClN3O/c1-2-3-8-17-13(18)12(14)11(9-16-17)15-7-6-10-4-5-10/h9-10,15H,2-8H2,1H3. The maximum absolute atomic E-state index is 11.9. The molecule has 1 aliphatic rings. The Bertz CT molecular complexity index is 454. The number of anilines is 1. The van der Waals surface area contributed by atoms with Crippen molar-refractivity contribution in [2.75, 3.05) is 11.9 Å². The second kappa shape index (κ2) is 6.23. The first-order chi connectivity index (χ1) is 8.72. The third-order valence-electron chi connectivity index (χ3n) is 3.27. The highest BCUT2D eigenvalue weighted by molar-refractivity contribution is 6.32. The Morgan fingerprint density at radius 2 is 2.33 bits per heavy atom. The molecule has 0 atom stereocenters. The van der Waals surface area contributed by atoms with Gasteiger partial charge in [0.15, 0.2) is 0 Å². The number of aryl methyl sites for hydroxylation is 1. The Hall–Kier alpha value is -1.03. The van der Waals surface area contributed by atoms with E-state index in [0.29, 0.717) is 12.2 Å². The van der Waals surface area contributed by atoms with Gasteiger partial charge in [0.1, 0.15) is 5.02 Å². The number of rotatable bonds is 7. The highest BCUT2D eigenvalue weighted by Crippen LogP contribution is 2.32. The molecule has 0 spiro atoms. The molecule has 1 heterocycles. The van der Waals surface area contributed by atoms with E-state index in [4.69, 9.17) is 11.6 Å². The molecule has 4 nitrogen and oxygen atoms in total. The summed E-state index contributed by atoms with van der Waals surface area (Å²) in [5, 5.41) is 7.61. The third-order valence-corrected chi connectivity index (χ3v) is 3.64. The van der Waals surface area contributed by atoms with Crippen LogP contribution in [-0.4, -0.2) is 16.3 Å². The number of nitrogens with one attached hydrogen (secondary N) is 1. The van der Waals surface area contributed by atoms with Crippen LogP contribution in [0.3, 0.4) is 0 Å². The summed E-state index contributed by atoms with van der Waals surface area (Å²) in [7, 11) is 0. The zero-order chi connectivity index (χ0) is 13.0. The fourth-order valence-corrected chi connectivity index (χ4v) is 2.09. The highest BCUT2D eigenvalue weighted by Gasteiger charge is 2.20. The minimum absolute atomic E-state index is 0.193. The van der Waals surface area contributed by atoms with Gasteiger partial charge in [-0.15, -0.1) is 0 Å². The van der Waals surface area contributed by atoms with E-state index < -0.39 is 0 Å². The van der Waals surface area contributed by atoms with E-state index in [1.54, 1.807) is 6.20 Å². The average molecular weight is 270 g/mol. The normalized spacial score (nSPS) is 14.8. The quantitative estimate of drug-likeness (QED) is 0.828. The van der Waals surface area contributed by atoms with Crippen LogP contribution in [0.25, 0.3) is 0 Å². The van der Waals surface area contributed by atoms with Gasteiger partial charge in [0.2, 0.25) is 0 Å². The molecule has 0 saturated heterocycles. The summed E-state index contributed by atoms with van der Waals surface area (Å²) in [5.74, 6) is 0.870. The molecule has 100 valence electrons. The molecule has 1 saturated carbocycles. The topological polar surface area (TPSA) is 46.9 Å². The van der Waals surface area contributed by atoms with Gasteiger partial charge in [0.05, 0.1) is 11.9 Å². The summed E-state index contributed by atoms with van der Waals surface area (Å²) in [6.45, 7) is 3.59. The van der Waals surface area contributed by atoms with Crippen LogP contribution in [0.4, 0.5) is 5.69 Å². The van der Waals surface area contributed by atoms with E-state index >= 15 is 0 Å². The molecule has 0 aromatic carbocycles. The molecular formula is C13H20ClN3O. The van der Waals surface area contributed by atoms with Crippen molar-refractivity contribution in [3.63, 3.8) is 0 Å². The molecule has 1 aliphatic carbocycles. The molecule has 5 heteroatoms. The first kappa shape index (κ1) is 13.4. The number of unbranched alkanes of at least 4 members (excludes halogenated alkanes) is 1. The molecule has 0 aliphatic heterocycles. The lowest BCUT2D eigenvalue weighted by Gasteiger charge is -2.09. The molecule has 0 unspecified atom stereocenters. The fourth-order valence-electron chi connectivity index (χ4n) is 1.87. The Balaban J connectivity index is 1.97. The Morgan fingerprint density at radius 3 is 3.00 bits per heavy atom. The summed E-state index contributed by atoms with van der Waals surface area (Å²) < 4.78 is 1.44. The van der Waals surface area contributed by atoms with Crippen LogP contribution in [0.5, 0.6) is 0 Å². The smallest absolute Gasteiger partial charge is 0.287 e. The molecule has 2 rings (SSSR count). The molecule has 18 heavy (non-hydrogen) atoms. The van der Waals surface area contributed by atoms with Crippen molar-refractivity contribution >= 4 is 17.3 Å². The number of hydrogen-bond acceptors (Lipinski definition) is 3. The van der Waals surface area contributed by atoms with E-state index in [1.165, 1.54) is 17.5 Å². The van der Waals surface area contributed by atoms with Crippen LogP contribution in [0.2, 0.25) is 5.02 Å². The first-order valence-corrected chi connectivity index (χ1v) is 7.09. The molecule has 0 radical (unpaired) electrons. The van der Waals surface area contributed by atoms with Gasteiger partial charge in [-0.05, 0) is 18.8 Å². The summed E-state index contributed by atoms with van der Waals surface area (Å²) in [6, 6.07) is 0. The molecular weight excluding hydrogens is 250 g/mol. The van der Waals surface area contributed by atoms with Gasteiger partial charge in [-0.1, -0.05) is 37.8 Å². The van der Waals surface area contributed by atoms with Gasteiger partial charge in [0, 0.05) is 13.1 Å². The second-order valence-electron chi connectivity index (χ2n) is 4.91. The van der Waals surface area contributed by atoms with E-state index in [2.05, 4.69) is 17.3 Å². The number of halogens is 1. The first-order valence-electron chi connectivity index (χ1n) is 6.72. The van der Waals surface area contributed by atoms with Gasteiger partial charge in [-0.25, -0.2) is 4.68 Å². The predicted molar refractivity (Wildman–Crippen MR) is 74.2 cm³/mol. The lowest BCUT2D eigenvalue weighted by atomic mass is 10.3. The van der Waals surface area contributed by atoms with Gasteiger partial charge in [-0.2, -0.15) is 5.10 Å². The predicted octanol–water partition coefficient (Wildman–Crippen LogP) is 2.91. The van der Waals surface area contributed by atoms with E-state index in [0.717, 1.165) is 31.7 Å². The van der Waals surface area contributed by atoms with Crippen LogP contribution in [-0.2, 0) is 6.54 Å². The van der Waals surface area contributed by atoms with Crippen molar-refractivity contribution < 1.29 is 0 Å². The van der Waals surface area contributed by atoms with Crippen molar-refractivity contribution in [1.82, 2.24) is 9.78 Å². The SMILES string of the molecule is CCCCn1ncc(NCCC2CC2)c(Cl)c1=O. The Morgan fingerprint density at radius 1 is 1.56 bits per heavy atom. The second-order valence-corrected chi connectivity index (χ2v) is 5.29. The minimum atomic E-state index is -0.193. The van der Waals surface area contributed by atoms with Crippen LogP contribution < -0.4 is 10.9 Å². The zero-order valence-corrected chi connectivity index (χ0v) is 11.5. The van der Waals surface area contributed by atoms with Crippen molar-refractivity contribution in [3.8, 4) is 0 Å². The lowest BCUT2D eigenvalue weighted by molar-refractivity contribution is 0.543. The number of aromatic nitrogens is 2.